The number of nitrogens with zero attached hydrogens (tertiary/aromatic N) is 2. The summed E-state index contributed by atoms with van der Waals surface area (Å²) in [5, 5.41) is 13.6. The zero-order valence-corrected chi connectivity index (χ0v) is 26.2. The summed E-state index contributed by atoms with van der Waals surface area (Å²) in [6.07, 6.45) is 7.75. The number of aromatic hydroxyl groups is 1. The number of amidine groups is 1. The summed E-state index contributed by atoms with van der Waals surface area (Å²) < 4.78 is 0.549. The molecule has 0 bridgehead atoms. The van der Waals surface area contributed by atoms with Gasteiger partial charge in [-0.1, -0.05) is 125 Å². The van der Waals surface area contributed by atoms with Crippen molar-refractivity contribution in [1.29, 1.82) is 0 Å². The number of carbonyl (C=O) groups is 3. The number of hydrogen-bond donors (Lipinski definition) is 2. The number of aliphatic imine (C=N–C) groups is 1. The second kappa shape index (κ2) is 14.8. The summed E-state index contributed by atoms with van der Waals surface area (Å²) in [4.78, 5) is 45.7. The molecule has 0 fully saturated rings. The Morgan fingerprint density at radius 2 is 1.74 bits per heavy atom. The number of nitrogens with one attached hydrogen (secondary N) is 1. The molecule has 0 saturated carbocycles. The zero-order chi connectivity index (χ0) is 30.9. The molecule has 218 valence electrons. The second-order valence-electron chi connectivity index (χ2n) is 9.14. The molecule has 1 aliphatic rings. The summed E-state index contributed by atoms with van der Waals surface area (Å²) in [7, 11) is 0. The molecule has 1 heterocycles. The van der Waals surface area contributed by atoms with Gasteiger partial charge in [-0.05, 0) is 42.3 Å². The molecule has 3 amide bonds. The minimum Gasteiger partial charge on any atom is -0.506 e. The van der Waals surface area contributed by atoms with Crippen LogP contribution in [0, 0.1) is 0 Å². The maximum absolute atomic E-state index is 13.8. The summed E-state index contributed by atoms with van der Waals surface area (Å²) in [5.41, 5.74) is 2.12. The predicted molar refractivity (Wildman–Crippen MR) is 177 cm³/mol. The van der Waals surface area contributed by atoms with Crippen LogP contribution in [-0.2, 0) is 14.4 Å². The fourth-order valence-electron chi connectivity index (χ4n) is 4.24. The van der Waals surface area contributed by atoms with Gasteiger partial charge in [0.25, 0.3) is 11.8 Å². The Kier molecular flexibility index (Phi) is 10.9. The number of rotatable bonds is 9. The van der Waals surface area contributed by atoms with Gasteiger partial charge in [0.2, 0.25) is 5.91 Å². The molecular formula is C33H27BrClN3O4S. The van der Waals surface area contributed by atoms with E-state index in [1.165, 1.54) is 23.1 Å². The standard InChI is InChI=1S/C33H27BrClN3O4S/c1-3-5-16-25(4-2)38-32(42)26(18-23-17-24(34)19-27(35)30(23)40)31(41)37-33(38)43-20-28(39)36-29(21-12-8-6-9-13-21)22-14-10-7-11-15-22/h3-19,29,40H,1,20H2,2H3,(H,36,39)/b16-5-,25-4+,26-18-. The summed E-state index contributed by atoms with van der Waals surface area (Å²) in [5.74, 6) is -2.20. The van der Waals surface area contributed by atoms with Gasteiger partial charge in [-0.15, -0.1) is 0 Å². The molecule has 0 saturated heterocycles. The van der Waals surface area contributed by atoms with Crippen LogP contribution < -0.4 is 5.32 Å². The molecular weight excluding hydrogens is 650 g/mol. The normalized spacial score (nSPS) is 14.9. The largest absolute Gasteiger partial charge is 0.506 e. The van der Waals surface area contributed by atoms with E-state index in [0.717, 1.165) is 22.9 Å². The number of phenols is 1. The number of thioether (sulfide) groups is 1. The quantitative estimate of drug-likeness (QED) is 0.142. The van der Waals surface area contributed by atoms with Crippen molar-refractivity contribution >= 4 is 68.3 Å². The first-order chi connectivity index (χ1) is 20.7. The first-order valence-electron chi connectivity index (χ1n) is 13.1. The average Bonchev–Trinajstić information content (AvgIpc) is 3.01. The lowest BCUT2D eigenvalue weighted by molar-refractivity contribution is -0.126. The van der Waals surface area contributed by atoms with Crippen molar-refractivity contribution in [3.8, 4) is 5.75 Å². The van der Waals surface area contributed by atoms with Crippen LogP contribution in [0.4, 0.5) is 0 Å². The third-order valence-corrected chi connectivity index (χ3v) is 7.95. The third-order valence-electron chi connectivity index (χ3n) is 6.27. The van der Waals surface area contributed by atoms with Crippen LogP contribution in [0.5, 0.6) is 5.75 Å². The van der Waals surface area contributed by atoms with Crippen molar-refractivity contribution in [1.82, 2.24) is 10.2 Å². The molecule has 2 N–H and O–H groups in total. The third kappa shape index (κ3) is 7.81. The number of amides is 3. The van der Waals surface area contributed by atoms with E-state index in [9.17, 15) is 19.5 Å². The minimum absolute atomic E-state index is 0.0385. The summed E-state index contributed by atoms with van der Waals surface area (Å²) in [6, 6.07) is 21.8. The number of carbonyl (C=O) groups excluding carboxylic acids is 3. The van der Waals surface area contributed by atoms with Crippen molar-refractivity contribution in [2.24, 2.45) is 4.99 Å². The molecule has 10 heteroatoms. The van der Waals surface area contributed by atoms with Gasteiger partial charge < -0.3 is 10.4 Å². The van der Waals surface area contributed by atoms with Crippen LogP contribution in [0.25, 0.3) is 6.08 Å². The van der Waals surface area contributed by atoms with Crippen LogP contribution in [-0.4, -0.2) is 38.6 Å². The SMILES string of the molecule is C=C/C=C\C(=C/C)N1C(=O)/C(=C\c2cc(Br)cc(Cl)c2O)C(=O)N=C1SCC(=O)NC(c1ccccc1)c1ccccc1. The zero-order valence-electron chi connectivity index (χ0n) is 23.0. The molecule has 0 atom stereocenters. The molecule has 0 spiro atoms. The molecule has 3 aromatic rings. The van der Waals surface area contributed by atoms with Gasteiger partial charge in [0.15, 0.2) is 5.17 Å². The number of benzene rings is 3. The Balaban J connectivity index is 1.64. The minimum atomic E-state index is -0.811. The Morgan fingerprint density at radius 1 is 1.12 bits per heavy atom. The first-order valence-corrected chi connectivity index (χ1v) is 15.2. The summed E-state index contributed by atoms with van der Waals surface area (Å²) in [6.45, 7) is 5.41. The van der Waals surface area contributed by atoms with Gasteiger partial charge in [0, 0.05) is 15.7 Å². The van der Waals surface area contributed by atoms with Crippen LogP contribution in [0.15, 0.2) is 124 Å². The van der Waals surface area contributed by atoms with Crippen molar-refractivity contribution in [2.75, 3.05) is 5.75 Å². The molecule has 0 radical (unpaired) electrons. The maximum atomic E-state index is 13.8. The van der Waals surface area contributed by atoms with Gasteiger partial charge >= 0.3 is 0 Å². The highest BCUT2D eigenvalue weighted by Gasteiger charge is 2.35. The van der Waals surface area contributed by atoms with Gasteiger partial charge in [-0.3, -0.25) is 19.3 Å². The summed E-state index contributed by atoms with van der Waals surface area (Å²) >= 11 is 10.4. The monoisotopic (exact) mass is 675 g/mol. The molecule has 3 aromatic carbocycles. The van der Waals surface area contributed by atoms with Crippen molar-refractivity contribution in [2.45, 2.75) is 13.0 Å². The molecule has 43 heavy (non-hydrogen) atoms. The number of hydrogen-bond acceptors (Lipinski definition) is 5. The highest BCUT2D eigenvalue weighted by atomic mass is 79.9. The lowest BCUT2D eigenvalue weighted by atomic mass is 9.99. The van der Waals surface area contributed by atoms with Gasteiger partial charge in [0.05, 0.1) is 16.8 Å². The van der Waals surface area contributed by atoms with Crippen LogP contribution in [0.1, 0.15) is 29.7 Å². The maximum Gasteiger partial charge on any atom is 0.285 e. The van der Waals surface area contributed by atoms with Crippen LogP contribution in [0.2, 0.25) is 5.02 Å². The van der Waals surface area contributed by atoms with Gasteiger partial charge in [-0.2, -0.15) is 4.99 Å². The lowest BCUT2D eigenvalue weighted by Gasteiger charge is -2.28. The van der Waals surface area contributed by atoms with E-state index >= 15 is 0 Å². The van der Waals surface area contributed by atoms with E-state index in [4.69, 9.17) is 11.6 Å². The van der Waals surface area contributed by atoms with Crippen molar-refractivity contribution in [3.05, 3.63) is 141 Å². The predicted octanol–water partition coefficient (Wildman–Crippen LogP) is 7.20. The number of halogens is 2. The second-order valence-corrected chi connectivity index (χ2v) is 11.4. The van der Waals surface area contributed by atoms with E-state index in [1.807, 2.05) is 60.7 Å². The fraction of sp³-hybridized carbons (Fsp3) is 0.0909. The highest BCUT2D eigenvalue weighted by molar-refractivity contribution is 9.10. The molecule has 0 aliphatic carbocycles. The van der Waals surface area contributed by atoms with Crippen molar-refractivity contribution in [3.63, 3.8) is 0 Å². The van der Waals surface area contributed by atoms with E-state index < -0.39 is 17.9 Å². The highest BCUT2D eigenvalue weighted by Crippen LogP contribution is 2.34. The van der Waals surface area contributed by atoms with Crippen LogP contribution >= 0.6 is 39.3 Å². The smallest absolute Gasteiger partial charge is 0.285 e. The van der Waals surface area contributed by atoms with Crippen LogP contribution in [0.3, 0.4) is 0 Å². The molecule has 0 unspecified atom stereocenters. The molecule has 1 aliphatic heterocycles. The number of phenolic OH excluding ortho intramolecular Hbond substituents is 1. The topological polar surface area (TPSA) is 99.1 Å². The molecule has 4 rings (SSSR count). The van der Waals surface area contributed by atoms with Gasteiger partial charge in [0.1, 0.15) is 11.3 Å². The van der Waals surface area contributed by atoms with E-state index in [-0.39, 0.29) is 38.7 Å². The lowest BCUT2D eigenvalue weighted by Crippen LogP contribution is -2.42. The Bertz CT molecular complexity index is 1630. The van der Waals surface area contributed by atoms with E-state index in [1.54, 1.807) is 31.2 Å². The van der Waals surface area contributed by atoms with E-state index in [0.29, 0.717) is 10.2 Å². The number of allylic oxidation sites excluding steroid dienone is 4. The average molecular weight is 677 g/mol. The van der Waals surface area contributed by atoms with Gasteiger partial charge in [-0.25, -0.2) is 0 Å². The Labute approximate surface area is 267 Å². The molecule has 7 nitrogen and oxygen atoms in total. The van der Waals surface area contributed by atoms with E-state index in [2.05, 4.69) is 32.8 Å². The fourth-order valence-corrected chi connectivity index (χ4v) is 5.89. The van der Waals surface area contributed by atoms with Crippen molar-refractivity contribution < 1.29 is 19.5 Å². The molecule has 0 aromatic heterocycles. The first kappa shape index (κ1) is 31.7. The Morgan fingerprint density at radius 3 is 2.33 bits per heavy atom. The Hall–Kier alpha value is -4.18.